The molecule has 2 heterocycles. The van der Waals surface area contributed by atoms with Crippen molar-refractivity contribution >= 4 is 28.6 Å². The van der Waals surface area contributed by atoms with E-state index in [9.17, 15) is 13.6 Å². The van der Waals surface area contributed by atoms with E-state index >= 15 is 0 Å². The highest BCUT2D eigenvalue weighted by Crippen LogP contribution is 2.32. The number of carbonyl (C=O) groups excluding carboxylic acids is 1. The van der Waals surface area contributed by atoms with E-state index in [-0.39, 0.29) is 23.6 Å². The Balaban J connectivity index is 1.62. The summed E-state index contributed by atoms with van der Waals surface area (Å²) < 4.78 is 27.1. The van der Waals surface area contributed by atoms with E-state index in [2.05, 4.69) is 10.3 Å². The van der Waals surface area contributed by atoms with E-state index in [0.29, 0.717) is 12.8 Å². The summed E-state index contributed by atoms with van der Waals surface area (Å²) in [7, 11) is 0. The third kappa shape index (κ3) is 4.00. The average molecular weight is 386 g/mol. The zero-order valence-corrected chi connectivity index (χ0v) is 15.5. The van der Waals surface area contributed by atoms with Gasteiger partial charge in [-0.05, 0) is 72.2 Å². The Morgan fingerprint density at radius 2 is 1.93 bits per heavy atom. The lowest BCUT2D eigenvalue weighted by molar-refractivity contribution is -0.121. The molecule has 2 aromatic carbocycles. The Bertz CT molecular complexity index is 962. The molecule has 3 aromatic rings. The molecule has 1 saturated heterocycles. The number of aromatic amines is 1. The van der Waals surface area contributed by atoms with Gasteiger partial charge in [0.1, 0.15) is 11.6 Å². The standard InChI is InChI=1S/C21H20F2N2OS/c22-14-3-1-13(2-4-14)21-17(18-11-15(23)5-7-19(18)25-21)6-8-20(26)24-16-9-10-27-12-16/h1-5,7,11,16,25H,6,8-10,12H2,(H,24,26). The number of hydrogen-bond acceptors (Lipinski definition) is 2. The van der Waals surface area contributed by atoms with Crippen LogP contribution in [0, 0.1) is 11.6 Å². The summed E-state index contributed by atoms with van der Waals surface area (Å²) in [5, 5.41) is 3.84. The molecule has 140 valence electrons. The highest BCUT2D eigenvalue weighted by atomic mass is 32.2. The van der Waals surface area contributed by atoms with Crippen LogP contribution in [0.15, 0.2) is 42.5 Å². The lowest BCUT2D eigenvalue weighted by Crippen LogP contribution is -2.34. The van der Waals surface area contributed by atoms with Crippen molar-refractivity contribution in [3.63, 3.8) is 0 Å². The van der Waals surface area contributed by atoms with Gasteiger partial charge in [0.05, 0.1) is 0 Å². The Kier molecular flexibility index (Phi) is 5.16. The smallest absolute Gasteiger partial charge is 0.220 e. The van der Waals surface area contributed by atoms with Gasteiger partial charge in [0.15, 0.2) is 0 Å². The van der Waals surface area contributed by atoms with Gasteiger partial charge in [-0.3, -0.25) is 4.79 Å². The predicted octanol–water partition coefficient (Wildman–Crippen LogP) is 4.67. The van der Waals surface area contributed by atoms with Crippen LogP contribution in [0.3, 0.4) is 0 Å². The van der Waals surface area contributed by atoms with Crippen LogP contribution in [0.5, 0.6) is 0 Å². The summed E-state index contributed by atoms with van der Waals surface area (Å²) in [6.45, 7) is 0. The van der Waals surface area contributed by atoms with Crippen molar-refractivity contribution in [3.05, 3.63) is 59.7 Å². The maximum Gasteiger partial charge on any atom is 0.220 e. The van der Waals surface area contributed by atoms with Crippen LogP contribution < -0.4 is 5.32 Å². The van der Waals surface area contributed by atoms with Crippen molar-refractivity contribution in [3.8, 4) is 11.3 Å². The van der Waals surface area contributed by atoms with Gasteiger partial charge in [-0.25, -0.2) is 8.78 Å². The first-order valence-corrected chi connectivity index (χ1v) is 10.2. The number of rotatable bonds is 5. The largest absolute Gasteiger partial charge is 0.354 e. The van der Waals surface area contributed by atoms with Crippen LogP contribution >= 0.6 is 11.8 Å². The molecule has 0 bridgehead atoms. The predicted molar refractivity (Wildman–Crippen MR) is 106 cm³/mol. The molecule has 1 unspecified atom stereocenters. The minimum Gasteiger partial charge on any atom is -0.354 e. The molecule has 0 aliphatic carbocycles. The van der Waals surface area contributed by atoms with Gasteiger partial charge in [0.2, 0.25) is 5.91 Å². The van der Waals surface area contributed by atoms with Crippen molar-refractivity contribution in [2.45, 2.75) is 25.3 Å². The topological polar surface area (TPSA) is 44.9 Å². The Labute approximate surface area is 160 Å². The number of aryl methyl sites for hydroxylation is 1. The molecular formula is C21H20F2N2OS. The Morgan fingerprint density at radius 3 is 2.67 bits per heavy atom. The third-order valence-corrected chi connectivity index (χ3v) is 6.06. The van der Waals surface area contributed by atoms with E-state index < -0.39 is 0 Å². The maximum absolute atomic E-state index is 13.8. The minimum absolute atomic E-state index is 0.0123. The number of H-pyrrole nitrogens is 1. The van der Waals surface area contributed by atoms with Gasteiger partial charge >= 0.3 is 0 Å². The van der Waals surface area contributed by atoms with Crippen LogP contribution in [0.4, 0.5) is 8.78 Å². The summed E-state index contributed by atoms with van der Waals surface area (Å²) in [6.07, 6.45) is 1.83. The minimum atomic E-state index is -0.319. The normalized spacial score (nSPS) is 16.7. The molecule has 1 aliphatic heterocycles. The van der Waals surface area contributed by atoms with E-state index in [4.69, 9.17) is 0 Å². The maximum atomic E-state index is 13.8. The summed E-state index contributed by atoms with van der Waals surface area (Å²) in [4.78, 5) is 15.6. The SMILES string of the molecule is O=C(CCc1c(-c2ccc(F)cc2)[nH]c2ccc(F)cc12)NC1CCSC1. The Morgan fingerprint density at radius 1 is 1.15 bits per heavy atom. The lowest BCUT2D eigenvalue weighted by atomic mass is 10.0. The zero-order valence-electron chi connectivity index (χ0n) is 14.7. The van der Waals surface area contributed by atoms with Gasteiger partial charge in [0.25, 0.3) is 0 Å². The number of hydrogen-bond donors (Lipinski definition) is 2. The molecule has 3 nitrogen and oxygen atoms in total. The number of nitrogens with one attached hydrogen (secondary N) is 2. The summed E-state index contributed by atoms with van der Waals surface area (Å²) in [6, 6.07) is 11.0. The molecule has 0 radical (unpaired) electrons. The number of aromatic nitrogens is 1. The lowest BCUT2D eigenvalue weighted by Gasteiger charge is -2.11. The van der Waals surface area contributed by atoms with Crippen LogP contribution in [-0.2, 0) is 11.2 Å². The fraction of sp³-hybridized carbons (Fsp3) is 0.286. The first kappa shape index (κ1) is 18.0. The highest BCUT2D eigenvalue weighted by molar-refractivity contribution is 7.99. The summed E-state index contributed by atoms with van der Waals surface area (Å²) in [5.41, 5.74) is 3.31. The van der Waals surface area contributed by atoms with Crippen molar-refractivity contribution < 1.29 is 13.6 Å². The molecule has 1 atom stereocenters. The number of amides is 1. The third-order valence-electron chi connectivity index (χ3n) is 4.90. The number of thioether (sulfide) groups is 1. The monoisotopic (exact) mass is 386 g/mol. The molecule has 2 N–H and O–H groups in total. The number of carbonyl (C=O) groups is 1. The van der Waals surface area contributed by atoms with Crippen molar-refractivity contribution in [2.75, 3.05) is 11.5 Å². The second-order valence-electron chi connectivity index (χ2n) is 6.80. The molecule has 4 rings (SSSR count). The van der Waals surface area contributed by atoms with Crippen molar-refractivity contribution in [1.82, 2.24) is 10.3 Å². The molecular weight excluding hydrogens is 366 g/mol. The quantitative estimate of drug-likeness (QED) is 0.669. The van der Waals surface area contributed by atoms with Crippen LogP contribution in [0.2, 0.25) is 0 Å². The van der Waals surface area contributed by atoms with Crippen molar-refractivity contribution in [1.29, 1.82) is 0 Å². The van der Waals surface area contributed by atoms with E-state index in [1.54, 1.807) is 18.2 Å². The fourth-order valence-electron chi connectivity index (χ4n) is 3.53. The van der Waals surface area contributed by atoms with Gasteiger partial charge < -0.3 is 10.3 Å². The van der Waals surface area contributed by atoms with Gasteiger partial charge in [-0.15, -0.1) is 0 Å². The highest BCUT2D eigenvalue weighted by Gasteiger charge is 2.19. The zero-order chi connectivity index (χ0) is 18.8. The summed E-state index contributed by atoms with van der Waals surface area (Å²) >= 11 is 1.85. The van der Waals surface area contributed by atoms with E-state index in [1.807, 2.05) is 11.8 Å². The van der Waals surface area contributed by atoms with Crippen molar-refractivity contribution in [2.24, 2.45) is 0 Å². The second-order valence-corrected chi connectivity index (χ2v) is 7.95. The van der Waals surface area contributed by atoms with E-state index in [1.165, 1.54) is 24.3 Å². The molecule has 1 fully saturated rings. The molecule has 1 aliphatic rings. The molecule has 1 amide bonds. The van der Waals surface area contributed by atoms with Crippen LogP contribution in [0.1, 0.15) is 18.4 Å². The van der Waals surface area contributed by atoms with Crippen LogP contribution in [0.25, 0.3) is 22.2 Å². The first-order chi connectivity index (χ1) is 13.1. The first-order valence-electron chi connectivity index (χ1n) is 9.03. The van der Waals surface area contributed by atoms with E-state index in [0.717, 1.165) is 45.7 Å². The second kappa shape index (κ2) is 7.72. The van der Waals surface area contributed by atoms with Gasteiger partial charge in [-0.1, -0.05) is 0 Å². The average Bonchev–Trinajstić information content (AvgIpc) is 3.28. The molecule has 1 aromatic heterocycles. The fourth-order valence-corrected chi connectivity index (χ4v) is 4.68. The number of fused-ring (bicyclic) bond motifs is 1. The summed E-state index contributed by atoms with van der Waals surface area (Å²) in [5.74, 6) is 1.43. The van der Waals surface area contributed by atoms with Crippen LogP contribution in [-0.4, -0.2) is 28.4 Å². The number of halogens is 2. The van der Waals surface area contributed by atoms with Gasteiger partial charge in [0, 0.05) is 34.8 Å². The molecule has 6 heteroatoms. The van der Waals surface area contributed by atoms with Gasteiger partial charge in [-0.2, -0.15) is 11.8 Å². The number of benzene rings is 2. The Hall–Kier alpha value is -2.34. The molecule has 0 spiro atoms. The molecule has 27 heavy (non-hydrogen) atoms. The molecule has 0 saturated carbocycles.